The number of rotatable bonds is 7. The van der Waals surface area contributed by atoms with E-state index in [1.54, 1.807) is 48.5 Å². The Kier molecular flexibility index (Phi) is 5.80. The first-order chi connectivity index (χ1) is 15.1. The van der Waals surface area contributed by atoms with E-state index in [0.717, 1.165) is 6.42 Å². The summed E-state index contributed by atoms with van der Waals surface area (Å²) in [6.45, 7) is 2.61. The molecule has 1 N–H and O–H groups in total. The molecule has 0 aliphatic rings. The van der Waals surface area contributed by atoms with E-state index in [0.29, 0.717) is 28.9 Å². The zero-order chi connectivity index (χ0) is 21.8. The predicted molar refractivity (Wildman–Crippen MR) is 116 cm³/mol. The van der Waals surface area contributed by atoms with Gasteiger partial charge in [-0.3, -0.25) is 9.59 Å². The van der Waals surface area contributed by atoms with Crippen LogP contribution in [0.3, 0.4) is 0 Å². The lowest BCUT2D eigenvalue weighted by Gasteiger charge is -2.08. The molecule has 0 atom stereocenters. The number of ether oxygens (including phenoxy) is 1. The average molecular weight is 417 g/mol. The second-order valence-corrected chi connectivity index (χ2v) is 6.97. The fraction of sp³-hybridized carbons (Fsp3) is 0.120. The molecular weight excluding hydrogens is 397 g/mol. The molecule has 0 saturated heterocycles. The van der Waals surface area contributed by atoms with E-state index >= 15 is 0 Å². The van der Waals surface area contributed by atoms with Crippen LogP contribution in [0.5, 0.6) is 5.75 Å². The largest absolute Gasteiger partial charge is 0.494 e. The van der Waals surface area contributed by atoms with E-state index in [2.05, 4.69) is 5.32 Å². The summed E-state index contributed by atoms with van der Waals surface area (Å²) in [6.07, 6.45) is 0.890. The number of hydrogen-bond donors (Lipinski definition) is 1. The van der Waals surface area contributed by atoms with Gasteiger partial charge in [0.25, 0.3) is 5.91 Å². The topological polar surface area (TPSA) is 68.5 Å². The number of benzene rings is 3. The van der Waals surface area contributed by atoms with Crippen molar-refractivity contribution in [2.75, 3.05) is 11.9 Å². The third-order valence-corrected chi connectivity index (χ3v) is 4.74. The van der Waals surface area contributed by atoms with Gasteiger partial charge in [-0.25, -0.2) is 4.39 Å². The molecule has 0 bridgehead atoms. The van der Waals surface area contributed by atoms with Gasteiger partial charge in [-0.15, -0.1) is 0 Å². The lowest BCUT2D eigenvalue weighted by Crippen LogP contribution is -2.14. The number of nitrogens with one attached hydrogen (secondary N) is 1. The number of amides is 1. The first-order valence-corrected chi connectivity index (χ1v) is 9.93. The van der Waals surface area contributed by atoms with Crippen molar-refractivity contribution in [3.63, 3.8) is 0 Å². The summed E-state index contributed by atoms with van der Waals surface area (Å²) in [6, 6.07) is 19.0. The monoisotopic (exact) mass is 417 g/mol. The molecule has 0 aliphatic heterocycles. The molecule has 1 heterocycles. The van der Waals surface area contributed by atoms with Crippen molar-refractivity contribution in [3.8, 4) is 5.75 Å². The van der Waals surface area contributed by atoms with E-state index in [-0.39, 0.29) is 22.9 Å². The molecule has 156 valence electrons. The summed E-state index contributed by atoms with van der Waals surface area (Å²) in [5.41, 5.74) is 1.41. The van der Waals surface area contributed by atoms with Gasteiger partial charge in [0, 0.05) is 16.5 Å². The van der Waals surface area contributed by atoms with Gasteiger partial charge in [-0.1, -0.05) is 19.1 Å². The zero-order valence-corrected chi connectivity index (χ0v) is 16.9. The first kappa shape index (κ1) is 20.3. The van der Waals surface area contributed by atoms with Crippen molar-refractivity contribution >= 4 is 28.3 Å². The Hall–Kier alpha value is -3.93. The number of fused-ring (bicyclic) bond motifs is 1. The smallest absolute Gasteiger partial charge is 0.255 e. The van der Waals surface area contributed by atoms with E-state index in [9.17, 15) is 14.0 Å². The van der Waals surface area contributed by atoms with Crippen LogP contribution in [-0.4, -0.2) is 18.3 Å². The van der Waals surface area contributed by atoms with Crippen molar-refractivity contribution in [1.82, 2.24) is 0 Å². The molecule has 31 heavy (non-hydrogen) atoms. The van der Waals surface area contributed by atoms with Crippen LogP contribution >= 0.6 is 0 Å². The molecule has 3 aromatic carbocycles. The number of ketones is 1. The maximum atomic E-state index is 13.3. The van der Waals surface area contributed by atoms with Crippen molar-refractivity contribution in [2.24, 2.45) is 0 Å². The number of hydrogen-bond acceptors (Lipinski definition) is 4. The Morgan fingerprint density at radius 3 is 2.32 bits per heavy atom. The number of anilines is 1. The van der Waals surface area contributed by atoms with Gasteiger partial charge in [0.15, 0.2) is 5.76 Å². The fourth-order valence-electron chi connectivity index (χ4n) is 3.17. The molecule has 0 fully saturated rings. The van der Waals surface area contributed by atoms with Crippen LogP contribution in [0.4, 0.5) is 10.1 Å². The molecule has 0 saturated carbocycles. The fourth-order valence-corrected chi connectivity index (χ4v) is 3.17. The number of carbonyl (C=O) groups excluding carboxylic acids is 2. The van der Waals surface area contributed by atoms with Crippen LogP contribution in [0.15, 0.2) is 77.2 Å². The van der Waals surface area contributed by atoms with Crippen LogP contribution in [0.1, 0.15) is 39.8 Å². The minimum Gasteiger partial charge on any atom is -0.494 e. The highest BCUT2D eigenvalue weighted by atomic mass is 19.1. The summed E-state index contributed by atoms with van der Waals surface area (Å²) < 4.78 is 24.6. The highest BCUT2D eigenvalue weighted by Gasteiger charge is 2.23. The highest BCUT2D eigenvalue weighted by Crippen LogP contribution is 2.33. The summed E-state index contributed by atoms with van der Waals surface area (Å²) in [5.74, 6) is -0.610. The van der Waals surface area contributed by atoms with Gasteiger partial charge >= 0.3 is 0 Å². The summed E-state index contributed by atoms with van der Waals surface area (Å²) >= 11 is 0. The van der Waals surface area contributed by atoms with Gasteiger partial charge in [-0.05, 0) is 67.1 Å². The minimum atomic E-state index is -0.449. The minimum absolute atomic E-state index is 0.0101. The van der Waals surface area contributed by atoms with Crippen LogP contribution in [0, 0.1) is 5.82 Å². The van der Waals surface area contributed by atoms with Crippen LogP contribution in [0.25, 0.3) is 11.0 Å². The highest BCUT2D eigenvalue weighted by molar-refractivity contribution is 6.18. The van der Waals surface area contributed by atoms with Crippen molar-refractivity contribution in [1.29, 1.82) is 0 Å². The Bertz CT molecular complexity index is 1230. The summed E-state index contributed by atoms with van der Waals surface area (Å²) in [4.78, 5) is 25.9. The SMILES string of the molecule is CCCOc1ccc(C(=O)Nc2c(C(=O)c3ccc(F)cc3)oc3ccccc23)cc1. The van der Waals surface area contributed by atoms with Crippen molar-refractivity contribution in [2.45, 2.75) is 13.3 Å². The van der Waals surface area contributed by atoms with Crippen molar-refractivity contribution < 1.29 is 23.1 Å². The van der Waals surface area contributed by atoms with Gasteiger partial charge in [-0.2, -0.15) is 0 Å². The maximum Gasteiger partial charge on any atom is 0.255 e. The van der Waals surface area contributed by atoms with Gasteiger partial charge in [0.05, 0.1) is 12.3 Å². The molecule has 0 unspecified atom stereocenters. The Balaban J connectivity index is 1.66. The Morgan fingerprint density at radius 1 is 0.935 bits per heavy atom. The molecule has 0 radical (unpaired) electrons. The second-order valence-electron chi connectivity index (χ2n) is 6.97. The van der Waals surface area contributed by atoms with Gasteiger partial charge < -0.3 is 14.5 Å². The molecule has 0 aliphatic carbocycles. The van der Waals surface area contributed by atoms with E-state index in [4.69, 9.17) is 9.15 Å². The van der Waals surface area contributed by atoms with Gasteiger partial charge in [0.1, 0.15) is 17.1 Å². The van der Waals surface area contributed by atoms with Crippen LogP contribution < -0.4 is 10.1 Å². The number of halogens is 1. The summed E-state index contributed by atoms with van der Waals surface area (Å²) in [5, 5.41) is 3.41. The lowest BCUT2D eigenvalue weighted by atomic mass is 10.1. The van der Waals surface area contributed by atoms with Gasteiger partial charge in [0.2, 0.25) is 5.78 Å². The first-order valence-electron chi connectivity index (χ1n) is 9.93. The normalized spacial score (nSPS) is 10.8. The number of carbonyl (C=O) groups is 2. The standard InChI is InChI=1S/C25H20FNO4/c1-2-15-30-19-13-9-17(10-14-19)25(29)27-22-20-5-3-4-6-21(20)31-24(22)23(28)16-7-11-18(26)12-8-16/h3-14H,2,15H2,1H3,(H,27,29). The molecule has 1 amide bonds. The average Bonchev–Trinajstić information content (AvgIpc) is 3.16. The Morgan fingerprint density at radius 2 is 1.61 bits per heavy atom. The number of para-hydroxylation sites is 1. The third kappa shape index (κ3) is 4.33. The predicted octanol–water partition coefficient (Wildman–Crippen LogP) is 5.84. The lowest BCUT2D eigenvalue weighted by molar-refractivity contribution is 0.101. The molecule has 5 nitrogen and oxygen atoms in total. The molecule has 4 rings (SSSR count). The van der Waals surface area contributed by atoms with E-state index in [1.807, 2.05) is 6.92 Å². The second kappa shape index (κ2) is 8.83. The maximum absolute atomic E-state index is 13.3. The van der Waals surface area contributed by atoms with Crippen molar-refractivity contribution in [3.05, 3.63) is 95.5 Å². The molecular formula is C25H20FNO4. The summed E-state index contributed by atoms with van der Waals surface area (Å²) in [7, 11) is 0. The van der Waals surface area contributed by atoms with E-state index in [1.165, 1.54) is 24.3 Å². The molecule has 0 spiro atoms. The number of furan rings is 1. The molecule has 6 heteroatoms. The third-order valence-electron chi connectivity index (χ3n) is 4.74. The quantitative estimate of drug-likeness (QED) is 0.383. The van der Waals surface area contributed by atoms with Crippen LogP contribution in [-0.2, 0) is 0 Å². The van der Waals surface area contributed by atoms with E-state index < -0.39 is 11.6 Å². The molecule has 1 aromatic heterocycles. The molecule has 4 aromatic rings. The Labute approximate surface area is 178 Å². The van der Waals surface area contributed by atoms with Crippen LogP contribution in [0.2, 0.25) is 0 Å². The zero-order valence-electron chi connectivity index (χ0n) is 16.9.